The number of piperidine rings is 1. The quantitative estimate of drug-likeness (QED) is 0.864. The summed E-state index contributed by atoms with van der Waals surface area (Å²) in [6.45, 7) is 7.60. The minimum absolute atomic E-state index is 0.0315. The summed E-state index contributed by atoms with van der Waals surface area (Å²) < 4.78 is 1.71. The molecule has 24 heavy (non-hydrogen) atoms. The van der Waals surface area contributed by atoms with Crippen molar-refractivity contribution in [2.45, 2.75) is 52.1 Å². The van der Waals surface area contributed by atoms with Gasteiger partial charge in [-0.05, 0) is 24.8 Å². The number of aromatic nitrogens is 4. The van der Waals surface area contributed by atoms with Crippen LogP contribution >= 0.6 is 0 Å². The Balaban J connectivity index is 1.93. The highest BCUT2D eigenvalue weighted by atomic mass is 16.3. The van der Waals surface area contributed by atoms with E-state index in [4.69, 9.17) is 0 Å². The molecule has 7 heteroatoms. The van der Waals surface area contributed by atoms with Crippen LogP contribution < -0.4 is 4.90 Å². The Morgan fingerprint density at radius 3 is 2.83 bits per heavy atom. The molecule has 0 saturated carbocycles. The lowest BCUT2D eigenvalue weighted by Crippen LogP contribution is -2.53. The van der Waals surface area contributed by atoms with Gasteiger partial charge >= 0.3 is 0 Å². The molecule has 3 rings (SSSR count). The Bertz CT molecular complexity index is 701. The summed E-state index contributed by atoms with van der Waals surface area (Å²) >= 11 is 0. The van der Waals surface area contributed by atoms with Crippen LogP contribution in [-0.2, 0) is 0 Å². The molecule has 0 unspecified atom stereocenters. The number of β-amino-alcohol motifs (C(OH)–C–C–N with tert-alkyl or cyclic N) is 1. The predicted molar refractivity (Wildman–Crippen MR) is 92.1 cm³/mol. The first-order valence-corrected chi connectivity index (χ1v) is 8.75. The van der Waals surface area contributed by atoms with Gasteiger partial charge in [-0.2, -0.15) is 9.61 Å². The molecule has 0 bridgehead atoms. The SMILES string of the molecule is CCC[C@]1(CO)CCN(c2cc(C(C)C)nn3cnnc23)C[C@@H]1O. The summed E-state index contributed by atoms with van der Waals surface area (Å²) in [5.41, 5.74) is 2.24. The zero-order valence-electron chi connectivity index (χ0n) is 14.7. The second-order valence-corrected chi connectivity index (χ2v) is 7.19. The first-order valence-electron chi connectivity index (χ1n) is 8.75. The van der Waals surface area contributed by atoms with Crippen molar-refractivity contribution in [3.05, 3.63) is 18.1 Å². The number of fused-ring (bicyclic) bond motifs is 1. The van der Waals surface area contributed by atoms with E-state index in [0.29, 0.717) is 18.1 Å². The molecule has 0 aromatic carbocycles. The third-order valence-corrected chi connectivity index (χ3v) is 5.24. The van der Waals surface area contributed by atoms with Gasteiger partial charge in [-0.3, -0.25) is 0 Å². The molecular weight excluding hydrogens is 306 g/mol. The zero-order valence-corrected chi connectivity index (χ0v) is 14.7. The summed E-state index contributed by atoms with van der Waals surface area (Å²) in [6.07, 6.45) is 3.61. The number of hydrogen-bond acceptors (Lipinski definition) is 6. The third kappa shape index (κ3) is 2.86. The van der Waals surface area contributed by atoms with Crippen molar-refractivity contribution in [1.82, 2.24) is 19.8 Å². The van der Waals surface area contributed by atoms with E-state index in [1.165, 1.54) is 0 Å². The Morgan fingerprint density at radius 1 is 1.42 bits per heavy atom. The van der Waals surface area contributed by atoms with Gasteiger partial charge in [0.25, 0.3) is 0 Å². The average Bonchev–Trinajstić information content (AvgIpc) is 3.04. The van der Waals surface area contributed by atoms with Gasteiger partial charge in [-0.1, -0.05) is 27.2 Å². The summed E-state index contributed by atoms with van der Waals surface area (Å²) in [7, 11) is 0. The fourth-order valence-corrected chi connectivity index (χ4v) is 3.63. The van der Waals surface area contributed by atoms with Crippen LogP contribution in [0.4, 0.5) is 5.69 Å². The minimum Gasteiger partial charge on any atom is -0.396 e. The summed E-state index contributed by atoms with van der Waals surface area (Å²) in [5.74, 6) is 0.293. The first-order chi connectivity index (χ1) is 11.5. The lowest BCUT2D eigenvalue weighted by Gasteiger charge is -2.45. The van der Waals surface area contributed by atoms with Gasteiger partial charge < -0.3 is 15.1 Å². The fourth-order valence-electron chi connectivity index (χ4n) is 3.63. The first kappa shape index (κ1) is 17.1. The van der Waals surface area contributed by atoms with Crippen LogP contribution in [0, 0.1) is 5.41 Å². The van der Waals surface area contributed by atoms with Crippen molar-refractivity contribution in [3.8, 4) is 0 Å². The number of aliphatic hydroxyl groups is 2. The van der Waals surface area contributed by atoms with E-state index in [1.54, 1.807) is 10.8 Å². The van der Waals surface area contributed by atoms with Gasteiger partial charge in [0.15, 0.2) is 0 Å². The second-order valence-electron chi connectivity index (χ2n) is 7.19. The van der Waals surface area contributed by atoms with Gasteiger partial charge in [-0.15, -0.1) is 10.2 Å². The average molecular weight is 333 g/mol. The highest BCUT2D eigenvalue weighted by Gasteiger charge is 2.41. The molecule has 3 heterocycles. The van der Waals surface area contributed by atoms with Crippen molar-refractivity contribution < 1.29 is 10.2 Å². The van der Waals surface area contributed by atoms with Crippen LogP contribution in [0.25, 0.3) is 5.65 Å². The molecule has 0 amide bonds. The summed E-state index contributed by atoms with van der Waals surface area (Å²) in [5, 5.41) is 33.3. The smallest absolute Gasteiger partial charge is 0.200 e. The molecule has 1 aliphatic rings. The normalized spacial score (nSPS) is 24.9. The number of anilines is 1. The maximum absolute atomic E-state index is 10.7. The molecule has 2 N–H and O–H groups in total. The maximum Gasteiger partial charge on any atom is 0.200 e. The standard InChI is InChI=1S/C17H27N5O2/c1-4-5-17(10-23)6-7-21(9-15(17)24)14-8-13(12(2)3)20-22-11-18-19-16(14)22/h8,11-12,15,23-24H,4-7,9-10H2,1-3H3/t15-,17+/m0/s1. The Labute approximate surface area is 142 Å². The van der Waals surface area contributed by atoms with E-state index < -0.39 is 6.10 Å². The number of hydrogen-bond donors (Lipinski definition) is 2. The fraction of sp³-hybridized carbons (Fsp3) is 0.706. The van der Waals surface area contributed by atoms with Crippen LogP contribution in [0.1, 0.15) is 51.6 Å². The Morgan fingerprint density at radius 2 is 2.21 bits per heavy atom. The van der Waals surface area contributed by atoms with Gasteiger partial charge in [0.1, 0.15) is 6.33 Å². The monoisotopic (exact) mass is 333 g/mol. The van der Waals surface area contributed by atoms with Crippen LogP contribution in [0.2, 0.25) is 0 Å². The molecule has 2 aromatic rings. The molecule has 2 aromatic heterocycles. The van der Waals surface area contributed by atoms with Gasteiger partial charge in [0, 0.05) is 18.5 Å². The van der Waals surface area contributed by atoms with Gasteiger partial charge in [0.2, 0.25) is 5.65 Å². The molecule has 7 nitrogen and oxygen atoms in total. The molecular formula is C17H27N5O2. The van der Waals surface area contributed by atoms with E-state index in [1.807, 2.05) is 6.07 Å². The van der Waals surface area contributed by atoms with Crippen molar-refractivity contribution in [2.75, 3.05) is 24.6 Å². The highest BCUT2D eigenvalue weighted by molar-refractivity contribution is 5.68. The molecule has 1 saturated heterocycles. The van der Waals surface area contributed by atoms with E-state index in [0.717, 1.165) is 37.2 Å². The molecule has 0 spiro atoms. The van der Waals surface area contributed by atoms with E-state index in [-0.39, 0.29) is 12.0 Å². The number of nitrogens with zero attached hydrogens (tertiary/aromatic N) is 5. The van der Waals surface area contributed by atoms with Crippen LogP contribution in [0.3, 0.4) is 0 Å². The minimum atomic E-state index is -0.560. The van der Waals surface area contributed by atoms with E-state index >= 15 is 0 Å². The molecule has 2 atom stereocenters. The van der Waals surface area contributed by atoms with E-state index in [2.05, 4.69) is 41.0 Å². The van der Waals surface area contributed by atoms with Gasteiger partial charge in [-0.25, -0.2) is 0 Å². The van der Waals surface area contributed by atoms with E-state index in [9.17, 15) is 10.2 Å². The number of rotatable bonds is 5. The van der Waals surface area contributed by atoms with Crippen LogP contribution in [0.15, 0.2) is 12.4 Å². The summed E-state index contributed by atoms with van der Waals surface area (Å²) in [4.78, 5) is 2.14. The van der Waals surface area contributed by atoms with Crippen molar-refractivity contribution >= 4 is 11.3 Å². The molecule has 0 aliphatic carbocycles. The van der Waals surface area contributed by atoms with Crippen LogP contribution in [-0.4, -0.2) is 55.8 Å². The topological polar surface area (TPSA) is 86.8 Å². The van der Waals surface area contributed by atoms with Crippen molar-refractivity contribution in [1.29, 1.82) is 0 Å². The van der Waals surface area contributed by atoms with Crippen molar-refractivity contribution in [3.63, 3.8) is 0 Å². The molecule has 0 radical (unpaired) electrons. The van der Waals surface area contributed by atoms with Crippen molar-refractivity contribution in [2.24, 2.45) is 5.41 Å². The number of aliphatic hydroxyl groups excluding tert-OH is 2. The molecule has 132 valence electrons. The predicted octanol–water partition coefficient (Wildman–Crippen LogP) is 1.60. The molecule has 1 aliphatic heterocycles. The lowest BCUT2D eigenvalue weighted by atomic mass is 9.73. The maximum atomic E-state index is 10.7. The third-order valence-electron chi connectivity index (χ3n) is 5.24. The van der Waals surface area contributed by atoms with Crippen LogP contribution in [0.5, 0.6) is 0 Å². The zero-order chi connectivity index (χ0) is 17.3. The lowest BCUT2D eigenvalue weighted by molar-refractivity contribution is -0.0370. The second kappa shape index (κ2) is 6.64. The Kier molecular flexibility index (Phi) is 4.73. The Hall–Kier alpha value is -1.73. The molecule has 1 fully saturated rings. The van der Waals surface area contributed by atoms with Gasteiger partial charge in [0.05, 0.1) is 24.1 Å². The highest BCUT2D eigenvalue weighted by Crippen LogP contribution is 2.38. The largest absolute Gasteiger partial charge is 0.396 e. The summed E-state index contributed by atoms with van der Waals surface area (Å²) in [6, 6.07) is 2.05.